The van der Waals surface area contributed by atoms with Gasteiger partial charge < -0.3 is 4.74 Å². The first-order valence-corrected chi connectivity index (χ1v) is 22.8. The fraction of sp³-hybridized carbons (Fsp3) is 0.213. The van der Waals surface area contributed by atoms with E-state index in [2.05, 4.69) is 146 Å². The number of benzene rings is 7. The van der Waals surface area contributed by atoms with Crippen LogP contribution in [-0.2, 0) is 10.8 Å². The summed E-state index contributed by atoms with van der Waals surface area (Å²) >= 11 is 0. The van der Waals surface area contributed by atoms with Gasteiger partial charge in [-0.3, -0.25) is 13.7 Å². The highest BCUT2D eigenvalue weighted by Gasteiger charge is 2.25. The molecule has 66 heavy (non-hydrogen) atoms. The zero-order valence-electron chi connectivity index (χ0n) is 45.1. The Balaban J connectivity index is 1.15. The molecule has 0 bridgehead atoms. The molecule has 0 aliphatic heterocycles. The van der Waals surface area contributed by atoms with Crippen LogP contribution in [0.5, 0.6) is 11.5 Å². The second-order valence-corrected chi connectivity index (χ2v) is 19.8. The zero-order chi connectivity index (χ0) is 51.1. The summed E-state index contributed by atoms with van der Waals surface area (Å²) in [6, 6.07) is 43.6. The van der Waals surface area contributed by atoms with Gasteiger partial charge >= 0.3 is 0 Å². The predicted octanol–water partition coefficient (Wildman–Crippen LogP) is 15.7. The number of ether oxygens (including phenoxy) is 1. The maximum absolute atomic E-state index is 9.44. The third-order valence-electron chi connectivity index (χ3n) is 12.9. The van der Waals surface area contributed by atoms with Gasteiger partial charge in [0.15, 0.2) is 0 Å². The molecule has 10 rings (SSSR count). The summed E-state index contributed by atoms with van der Waals surface area (Å²) in [4.78, 5) is 4.73. The molecule has 0 amide bonds. The molecule has 3 aromatic heterocycles. The van der Waals surface area contributed by atoms with Crippen molar-refractivity contribution in [3.63, 3.8) is 0 Å². The van der Waals surface area contributed by atoms with Crippen molar-refractivity contribution in [3.8, 4) is 50.9 Å². The van der Waals surface area contributed by atoms with Crippen LogP contribution >= 0.6 is 0 Å². The van der Waals surface area contributed by atoms with Gasteiger partial charge in [-0.2, -0.15) is 0 Å². The second kappa shape index (κ2) is 16.6. The van der Waals surface area contributed by atoms with Crippen molar-refractivity contribution >= 4 is 32.8 Å². The second-order valence-electron chi connectivity index (χ2n) is 19.8. The Hall–Kier alpha value is -7.24. The lowest BCUT2D eigenvalue weighted by Gasteiger charge is -2.27. The number of nitrogens with zero attached hydrogens (tertiary/aromatic N) is 4. The number of para-hydroxylation sites is 4. The van der Waals surface area contributed by atoms with Gasteiger partial charge in [-0.05, 0) is 110 Å². The largest absolute Gasteiger partial charge is 0.458 e. The lowest BCUT2D eigenvalue weighted by Crippen LogP contribution is -2.31. The van der Waals surface area contributed by atoms with Crippen LogP contribution in [0.2, 0.25) is 0 Å². The normalized spacial score (nSPS) is 14.0. The number of aromatic nitrogens is 4. The monoisotopic (exact) mass is 868 g/mol. The number of rotatable bonds is 9. The van der Waals surface area contributed by atoms with Crippen LogP contribution in [0.15, 0.2) is 176 Å². The van der Waals surface area contributed by atoms with Crippen LogP contribution in [0, 0.1) is 12.2 Å². The highest BCUT2D eigenvalue weighted by molar-refractivity contribution is 6.09. The SMILES string of the molecule is [2H]c1c(Oc2cccc(-n3[c-][n+](-c4c(-c5ccccc5)cccc4-c4cc(C(C)(C)C)cc(C(C)(C)C)c4)c4ccccc43)c2)cc2c(c1[2H])c1c([2H])c([2H])c([2H])c([2H])c1n2-c1cc(C(C)C(C)C)ccn1. The van der Waals surface area contributed by atoms with E-state index in [1.165, 1.54) is 11.1 Å². The van der Waals surface area contributed by atoms with Crippen molar-refractivity contribution in [1.82, 2.24) is 14.1 Å². The fourth-order valence-corrected chi connectivity index (χ4v) is 8.83. The Kier molecular flexibility index (Phi) is 9.08. The summed E-state index contributed by atoms with van der Waals surface area (Å²) < 4.78 is 66.7. The molecule has 0 fully saturated rings. The van der Waals surface area contributed by atoms with Crippen molar-refractivity contribution in [2.75, 3.05) is 0 Å². The molecule has 10 aromatic rings. The van der Waals surface area contributed by atoms with Gasteiger partial charge in [0, 0.05) is 23.0 Å². The molecular formula is C61H58N4O. The van der Waals surface area contributed by atoms with E-state index in [1.54, 1.807) is 16.8 Å². The Morgan fingerprint density at radius 2 is 1.29 bits per heavy atom. The van der Waals surface area contributed by atoms with Crippen molar-refractivity contribution < 1.29 is 17.5 Å². The average Bonchev–Trinajstić information content (AvgIpc) is 3.93. The first-order valence-electron chi connectivity index (χ1n) is 25.8. The van der Waals surface area contributed by atoms with Crippen LogP contribution in [0.4, 0.5) is 0 Å². The van der Waals surface area contributed by atoms with E-state index in [0.29, 0.717) is 23.0 Å². The van der Waals surface area contributed by atoms with Crippen molar-refractivity contribution in [2.45, 2.75) is 79.1 Å². The summed E-state index contributed by atoms with van der Waals surface area (Å²) in [5, 5.41) is 0.379. The van der Waals surface area contributed by atoms with Crippen molar-refractivity contribution in [2.24, 2.45) is 5.92 Å². The molecule has 1 unspecified atom stereocenters. The number of pyridine rings is 1. The molecule has 3 heterocycles. The standard InChI is InChI=1S/C61H58N4O/c1-40(2)41(3)43-31-32-62-58(35-43)65-54-26-14-13-23-52(54)53-30-29-49(38-57(53)65)66-48-22-17-21-47(37-48)63-39-64(56-28-16-15-27-55(56)63)59-50(42-19-11-10-12-20-42)24-18-25-51(59)44-33-45(60(4,5)6)36-46(34-44)61(7,8)9/h10-38,40-41H,1-9H3/i13D,14D,23D,26D,29D,30D. The molecule has 0 spiro atoms. The van der Waals surface area contributed by atoms with E-state index < -0.39 is 12.1 Å². The highest BCUT2D eigenvalue weighted by Crippen LogP contribution is 2.40. The molecule has 0 aliphatic rings. The Labute approximate surface area is 398 Å². The molecule has 0 saturated carbocycles. The number of hydrogen-bond donors (Lipinski definition) is 0. The Bertz CT molecular complexity index is 3730. The number of imidazole rings is 1. The van der Waals surface area contributed by atoms with Gasteiger partial charge in [-0.1, -0.05) is 178 Å². The van der Waals surface area contributed by atoms with Gasteiger partial charge in [-0.25, -0.2) is 4.98 Å². The average molecular weight is 869 g/mol. The van der Waals surface area contributed by atoms with Crippen LogP contribution in [0.3, 0.4) is 0 Å². The first kappa shape index (κ1) is 36.0. The fourth-order valence-electron chi connectivity index (χ4n) is 8.83. The molecule has 7 aromatic carbocycles. The molecular weight excluding hydrogens is 805 g/mol. The molecule has 0 N–H and O–H groups in total. The number of fused-ring (bicyclic) bond motifs is 4. The quantitative estimate of drug-likeness (QED) is 0.107. The molecule has 0 radical (unpaired) electrons. The van der Waals surface area contributed by atoms with E-state index in [-0.39, 0.29) is 63.0 Å². The first-order chi connectivity index (χ1) is 34.2. The summed E-state index contributed by atoms with van der Waals surface area (Å²) in [5.41, 5.74) is 11.8. The van der Waals surface area contributed by atoms with E-state index in [9.17, 15) is 2.74 Å². The van der Waals surface area contributed by atoms with Crippen LogP contribution in [-0.4, -0.2) is 14.1 Å². The van der Waals surface area contributed by atoms with E-state index in [1.807, 2.05) is 59.2 Å². The molecule has 0 aliphatic carbocycles. The minimum absolute atomic E-state index is 0.0839. The van der Waals surface area contributed by atoms with Crippen LogP contribution in [0.1, 0.15) is 93.1 Å². The van der Waals surface area contributed by atoms with Crippen molar-refractivity contribution in [3.05, 3.63) is 199 Å². The van der Waals surface area contributed by atoms with E-state index in [0.717, 1.165) is 50.2 Å². The summed E-state index contributed by atoms with van der Waals surface area (Å²) in [6.07, 6.45) is 5.49. The lowest BCUT2D eigenvalue weighted by atomic mass is 9.78. The molecule has 0 saturated heterocycles. The van der Waals surface area contributed by atoms with E-state index in [4.69, 9.17) is 15.2 Å². The van der Waals surface area contributed by atoms with Crippen molar-refractivity contribution in [1.29, 1.82) is 0 Å². The van der Waals surface area contributed by atoms with Crippen LogP contribution < -0.4 is 9.30 Å². The maximum Gasteiger partial charge on any atom is 0.269 e. The summed E-state index contributed by atoms with van der Waals surface area (Å²) in [5.74, 6) is 1.43. The summed E-state index contributed by atoms with van der Waals surface area (Å²) in [7, 11) is 0. The van der Waals surface area contributed by atoms with Gasteiger partial charge in [0.25, 0.3) is 6.33 Å². The molecule has 328 valence electrons. The Morgan fingerprint density at radius 1 is 0.606 bits per heavy atom. The van der Waals surface area contributed by atoms with Gasteiger partial charge in [0.1, 0.15) is 17.3 Å². The van der Waals surface area contributed by atoms with E-state index >= 15 is 0 Å². The number of hydrogen-bond acceptors (Lipinski definition) is 2. The van der Waals surface area contributed by atoms with Gasteiger partial charge in [0.05, 0.1) is 41.7 Å². The third kappa shape index (κ3) is 7.87. The molecule has 5 nitrogen and oxygen atoms in total. The molecule has 5 heteroatoms. The zero-order valence-corrected chi connectivity index (χ0v) is 39.1. The summed E-state index contributed by atoms with van der Waals surface area (Å²) in [6.45, 7) is 20.0. The minimum Gasteiger partial charge on any atom is -0.458 e. The topological polar surface area (TPSA) is 35.9 Å². The minimum atomic E-state index is -0.412. The maximum atomic E-state index is 9.44. The smallest absolute Gasteiger partial charge is 0.269 e. The van der Waals surface area contributed by atoms with Gasteiger partial charge in [-0.15, -0.1) is 0 Å². The Morgan fingerprint density at radius 3 is 2.03 bits per heavy atom. The highest BCUT2D eigenvalue weighted by atomic mass is 16.5. The van der Waals surface area contributed by atoms with Crippen LogP contribution in [0.25, 0.3) is 72.3 Å². The third-order valence-corrected chi connectivity index (χ3v) is 12.9. The lowest BCUT2D eigenvalue weighted by molar-refractivity contribution is -0.571. The molecule has 1 atom stereocenters. The van der Waals surface area contributed by atoms with Gasteiger partial charge in [0.2, 0.25) is 0 Å². The predicted molar refractivity (Wildman–Crippen MR) is 274 cm³/mol.